The van der Waals surface area contributed by atoms with E-state index in [2.05, 4.69) is 30.9 Å². The van der Waals surface area contributed by atoms with Gasteiger partial charge in [0.25, 0.3) is 0 Å². The highest BCUT2D eigenvalue weighted by Crippen LogP contribution is 2.38. The molecule has 0 saturated carbocycles. The number of pyridine rings is 1. The summed E-state index contributed by atoms with van der Waals surface area (Å²) in [7, 11) is 1.80. The molecule has 0 amide bonds. The smallest absolute Gasteiger partial charge is 0.220 e. The fourth-order valence-corrected chi connectivity index (χ4v) is 4.65. The molecule has 0 fully saturated rings. The number of rotatable bonds is 4. The zero-order chi connectivity index (χ0) is 23.4. The zero-order valence-electron chi connectivity index (χ0n) is 18.2. The van der Waals surface area contributed by atoms with E-state index in [9.17, 15) is 5.21 Å². The lowest BCUT2D eigenvalue weighted by Gasteiger charge is -2.15. The van der Waals surface area contributed by atoms with E-state index in [1.54, 1.807) is 34.9 Å². The number of aromatic nitrogens is 10. The van der Waals surface area contributed by atoms with Crippen molar-refractivity contribution in [1.29, 1.82) is 0 Å². The molecular weight excluding hydrogens is 495 g/mol. The van der Waals surface area contributed by atoms with Crippen molar-refractivity contribution in [1.82, 2.24) is 45.0 Å². The van der Waals surface area contributed by atoms with Crippen LogP contribution in [0.5, 0.6) is 0 Å². The summed E-state index contributed by atoms with van der Waals surface area (Å²) in [5.41, 5.74) is 3.99. The third kappa shape index (κ3) is 3.72. The lowest BCUT2D eigenvalue weighted by molar-refractivity contribution is -0.615. The van der Waals surface area contributed by atoms with Gasteiger partial charge in [-0.25, -0.2) is 9.07 Å². The highest BCUT2D eigenvalue weighted by Gasteiger charge is 2.34. The van der Waals surface area contributed by atoms with Crippen LogP contribution < -0.4 is 4.73 Å². The van der Waals surface area contributed by atoms with Crippen LogP contribution in [0, 0.1) is 11.0 Å². The first-order valence-electron chi connectivity index (χ1n) is 10.4. The molecule has 0 N–H and O–H groups in total. The molecule has 0 saturated heterocycles. The molecule has 1 aliphatic carbocycles. The van der Waals surface area contributed by atoms with Crippen molar-refractivity contribution < 1.29 is 9.12 Å². The molecule has 11 nitrogen and oxygen atoms in total. The first-order valence-corrected chi connectivity index (χ1v) is 10.8. The Morgan fingerprint density at radius 2 is 2.03 bits per heavy atom. The number of fused-ring (bicyclic) bond motifs is 1. The zero-order valence-corrected chi connectivity index (χ0v) is 20.0. The Bertz CT molecular complexity index is 1530. The van der Waals surface area contributed by atoms with Crippen LogP contribution in [0.1, 0.15) is 23.7 Å². The molecule has 0 radical (unpaired) electrons. The van der Waals surface area contributed by atoms with Gasteiger partial charge in [-0.1, -0.05) is 16.8 Å². The van der Waals surface area contributed by atoms with Gasteiger partial charge in [-0.05, 0) is 41.5 Å². The minimum absolute atomic E-state index is 0. The van der Waals surface area contributed by atoms with E-state index >= 15 is 4.39 Å². The van der Waals surface area contributed by atoms with E-state index in [1.807, 2.05) is 12.3 Å². The number of aryl methyl sites for hydroxylation is 2. The van der Waals surface area contributed by atoms with Crippen molar-refractivity contribution in [2.45, 2.75) is 18.9 Å². The fraction of sp³-hybridized carbons (Fsp3) is 0.190. The summed E-state index contributed by atoms with van der Waals surface area (Å²) in [6.45, 7) is 0. The van der Waals surface area contributed by atoms with Crippen LogP contribution in [-0.4, -0.2) is 45.0 Å². The number of benzene rings is 1. The molecule has 4 heterocycles. The molecule has 35 heavy (non-hydrogen) atoms. The lowest BCUT2D eigenvalue weighted by atomic mass is 10.0. The molecule has 1 aromatic carbocycles. The van der Waals surface area contributed by atoms with Crippen molar-refractivity contribution in [3.8, 4) is 28.1 Å². The predicted octanol–water partition coefficient (Wildman–Crippen LogP) is 2.40. The summed E-state index contributed by atoms with van der Waals surface area (Å²) < 4.78 is 20.7. The van der Waals surface area contributed by atoms with Gasteiger partial charge in [-0.15, -0.1) is 10.2 Å². The summed E-state index contributed by atoms with van der Waals surface area (Å²) in [4.78, 5) is 0. The maximum Gasteiger partial charge on any atom is 0.220 e. The van der Waals surface area contributed by atoms with E-state index in [0.29, 0.717) is 29.8 Å². The highest BCUT2D eigenvalue weighted by molar-refractivity contribution is 7.59. The van der Waals surface area contributed by atoms with Crippen LogP contribution in [0.15, 0.2) is 49.3 Å². The molecule has 178 valence electrons. The van der Waals surface area contributed by atoms with Gasteiger partial charge < -0.3 is 5.21 Å². The topological polar surface area (TPSA) is 119 Å². The maximum absolute atomic E-state index is 15.2. The van der Waals surface area contributed by atoms with Crippen molar-refractivity contribution in [2.24, 2.45) is 7.05 Å². The summed E-state index contributed by atoms with van der Waals surface area (Å²) >= 11 is 6.07. The minimum atomic E-state index is -0.648. The standard InChI is InChI=1S/C21H16ClFN10O.H2S/c1-30-18(8-24-28-30)14-7-26-31(9-14)17-4-2-12-6-13(10-33(34)21(12)17)19-16(32-11-25-27-29-32)5-3-15(22)20(19)23;/h3,5-11,17H,2,4H2,1H3;1H2/t17-;/m0./s1. The van der Waals surface area contributed by atoms with E-state index in [0.717, 1.165) is 21.6 Å². The van der Waals surface area contributed by atoms with Crippen LogP contribution in [-0.2, 0) is 13.5 Å². The SMILES string of the molecule is Cn1nncc1-c1cnn([C@H]2CCc3cc(-c4c(-n5cnnn5)ccc(Cl)c4F)c[n+]([O-])c32)c1.S. The first kappa shape index (κ1) is 22.9. The molecule has 0 aliphatic heterocycles. The lowest BCUT2D eigenvalue weighted by Crippen LogP contribution is -2.34. The molecular formula is C21H18ClFN10OS. The van der Waals surface area contributed by atoms with E-state index in [4.69, 9.17) is 11.6 Å². The maximum atomic E-state index is 15.2. The Kier molecular flexibility index (Phi) is 5.73. The highest BCUT2D eigenvalue weighted by atomic mass is 35.5. The molecule has 0 bridgehead atoms. The van der Waals surface area contributed by atoms with E-state index < -0.39 is 5.82 Å². The first-order chi connectivity index (χ1) is 16.5. The average Bonchev–Trinajstić information content (AvgIpc) is 3.61. The molecule has 0 spiro atoms. The van der Waals surface area contributed by atoms with Crippen molar-refractivity contribution in [3.63, 3.8) is 0 Å². The normalized spacial score (nSPS) is 14.7. The second-order valence-electron chi connectivity index (χ2n) is 7.98. The van der Waals surface area contributed by atoms with Gasteiger partial charge in [0.05, 0.1) is 39.9 Å². The Morgan fingerprint density at radius 1 is 1.17 bits per heavy atom. The molecule has 14 heteroatoms. The Labute approximate surface area is 209 Å². The third-order valence-electron chi connectivity index (χ3n) is 6.04. The van der Waals surface area contributed by atoms with Gasteiger partial charge >= 0.3 is 0 Å². The van der Waals surface area contributed by atoms with Gasteiger partial charge in [-0.2, -0.15) is 28.0 Å². The minimum Gasteiger partial charge on any atom is -0.618 e. The molecule has 1 aliphatic rings. The Balaban J connectivity index is 0.00000253. The predicted molar refractivity (Wildman–Crippen MR) is 128 cm³/mol. The van der Waals surface area contributed by atoms with E-state index in [1.165, 1.54) is 23.3 Å². The van der Waals surface area contributed by atoms with Gasteiger partial charge in [0.2, 0.25) is 5.69 Å². The number of halogens is 2. The van der Waals surface area contributed by atoms with Crippen LogP contribution in [0.4, 0.5) is 4.39 Å². The molecule has 0 unspecified atom stereocenters. The summed E-state index contributed by atoms with van der Waals surface area (Å²) in [6.07, 6.45) is 9.29. The Morgan fingerprint density at radius 3 is 2.77 bits per heavy atom. The quantitative estimate of drug-likeness (QED) is 0.268. The summed E-state index contributed by atoms with van der Waals surface area (Å²) in [5.74, 6) is -0.648. The molecule has 5 aromatic rings. The van der Waals surface area contributed by atoms with Crippen LogP contribution in [0.2, 0.25) is 5.02 Å². The van der Waals surface area contributed by atoms with Crippen molar-refractivity contribution in [2.75, 3.05) is 0 Å². The molecule has 4 aromatic heterocycles. The summed E-state index contributed by atoms with van der Waals surface area (Å²) in [6, 6.07) is 4.61. The van der Waals surface area contributed by atoms with Gasteiger partial charge in [-0.3, -0.25) is 4.68 Å². The molecule has 6 rings (SSSR count). The second-order valence-corrected chi connectivity index (χ2v) is 8.39. The second kappa shape index (κ2) is 8.74. The molecule has 1 atom stereocenters. The third-order valence-corrected chi connectivity index (χ3v) is 6.34. The average molecular weight is 513 g/mol. The van der Waals surface area contributed by atoms with Crippen molar-refractivity contribution >= 4 is 25.1 Å². The van der Waals surface area contributed by atoms with Gasteiger partial charge in [0.1, 0.15) is 12.4 Å². The van der Waals surface area contributed by atoms with Crippen LogP contribution in [0.25, 0.3) is 28.1 Å². The van der Waals surface area contributed by atoms with E-state index in [-0.39, 0.29) is 30.1 Å². The Hall–Kier alpha value is -3.84. The fourth-order valence-electron chi connectivity index (χ4n) is 4.49. The van der Waals surface area contributed by atoms with Gasteiger partial charge in [0, 0.05) is 24.4 Å². The van der Waals surface area contributed by atoms with Crippen LogP contribution in [0.3, 0.4) is 0 Å². The number of hydrogen-bond donors (Lipinski definition) is 0. The number of hydrogen-bond acceptors (Lipinski definition) is 7. The largest absolute Gasteiger partial charge is 0.618 e. The van der Waals surface area contributed by atoms with Crippen molar-refractivity contribution in [3.05, 3.63) is 76.6 Å². The summed E-state index contributed by atoms with van der Waals surface area (Å²) in [5, 5.41) is 36.6. The monoisotopic (exact) mass is 512 g/mol. The van der Waals surface area contributed by atoms with Crippen LogP contribution >= 0.6 is 25.1 Å². The van der Waals surface area contributed by atoms with Gasteiger partial charge in [0.15, 0.2) is 12.0 Å². The number of nitrogens with zero attached hydrogens (tertiary/aromatic N) is 10. The number of tetrazole rings is 1.